The van der Waals surface area contributed by atoms with E-state index in [2.05, 4.69) is 10.5 Å². The second-order valence-corrected chi connectivity index (χ2v) is 10.0. The van der Waals surface area contributed by atoms with Gasteiger partial charge >= 0.3 is 5.69 Å². The maximum atomic E-state index is 13.5. The van der Waals surface area contributed by atoms with E-state index in [1.165, 1.54) is 43.7 Å². The molecule has 3 rings (SSSR count). The van der Waals surface area contributed by atoms with E-state index in [1.54, 1.807) is 24.3 Å². The number of nitro benzene ring substituents is 1. The SMILES string of the molecule is COc1ccc(/C=N\NC(=O)CN(c2cc(C)cc(C)c2)S(=O)(=O)c2ccc(C)cc2)cc1[N+](=O)[O-]. The minimum atomic E-state index is -4.07. The van der Waals surface area contributed by atoms with E-state index in [1.807, 2.05) is 26.8 Å². The minimum absolute atomic E-state index is 0.0501. The highest BCUT2D eigenvalue weighted by Crippen LogP contribution is 2.27. The maximum Gasteiger partial charge on any atom is 0.311 e. The van der Waals surface area contributed by atoms with Crippen molar-refractivity contribution >= 4 is 33.5 Å². The first kappa shape index (κ1) is 26.4. The summed E-state index contributed by atoms with van der Waals surface area (Å²) in [6.45, 7) is 5.00. The molecule has 0 aromatic heterocycles. The average Bonchev–Trinajstić information content (AvgIpc) is 2.82. The van der Waals surface area contributed by atoms with E-state index >= 15 is 0 Å². The molecule has 0 saturated carbocycles. The van der Waals surface area contributed by atoms with Crippen molar-refractivity contribution in [1.82, 2.24) is 5.43 Å². The molecule has 11 heteroatoms. The van der Waals surface area contributed by atoms with Gasteiger partial charge in [0.25, 0.3) is 15.9 Å². The smallest absolute Gasteiger partial charge is 0.311 e. The molecular formula is C25H26N4O6S. The van der Waals surface area contributed by atoms with Crippen LogP contribution in [0.2, 0.25) is 0 Å². The quantitative estimate of drug-likeness (QED) is 0.264. The van der Waals surface area contributed by atoms with Crippen LogP contribution in [0.5, 0.6) is 5.75 Å². The van der Waals surface area contributed by atoms with Crippen molar-refractivity contribution in [2.75, 3.05) is 18.0 Å². The molecule has 0 spiro atoms. The molecule has 0 atom stereocenters. The number of nitrogens with zero attached hydrogens (tertiary/aromatic N) is 3. The van der Waals surface area contributed by atoms with Gasteiger partial charge in [0.05, 0.1) is 28.8 Å². The van der Waals surface area contributed by atoms with Crippen LogP contribution in [0.25, 0.3) is 0 Å². The van der Waals surface area contributed by atoms with Gasteiger partial charge in [-0.05, 0) is 68.3 Å². The van der Waals surface area contributed by atoms with Gasteiger partial charge in [-0.2, -0.15) is 5.10 Å². The summed E-state index contributed by atoms with van der Waals surface area (Å²) < 4.78 is 33.0. The highest BCUT2D eigenvalue weighted by molar-refractivity contribution is 7.92. The van der Waals surface area contributed by atoms with Crippen molar-refractivity contribution in [1.29, 1.82) is 0 Å². The summed E-state index contributed by atoms with van der Waals surface area (Å²) in [6, 6.07) is 15.8. The van der Waals surface area contributed by atoms with E-state index in [-0.39, 0.29) is 16.3 Å². The van der Waals surface area contributed by atoms with Crippen LogP contribution < -0.4 is 14.5 Å². The zero-order valence-electron chi connectivity index (χ0n) is 20.3. The van der Waals surface area contributed by atoms with Crippen molar-refractivity contribution in [3.8, 4) is 5.75 Å². The molecule has 0 radical (unpaired) electrons. The van der Waals surface area contributed by atoms with Crippen molar-refractivity contribution in [3.63, 3.8) is 0 Å². The summed E-state index contributed by atoms with van der Waals surface area (Å²) in [5, 5.41) is 15.0. The summed E-state index contributed by atoms with van der Waals surface area (Å²) in [4.78, 5) is 23.4. The molecule has 0 aliphatic rings. The Morgan fingerprint density at radius 2 is 1.67 bits per heavy atom. The number of benzene rings is 3. The molecule has 0 fully saturated rings. The molecule has 0 aliphatic carbocycles. The van der Waals surface area contributed by atoms with E-state index in [0.29, 0.717) is 11.3 Å². The number of nitrogens with one attached hydrogen (secondary N) is 1. The van der Waals surface area contributed by atoms with Crippen LogP contribution >= 0.6 is 0 Å². The summed E-state index contributed by atoms with van der Waals surface area (Å²) in [5.41, 5.74) is 5.32. The van der Waals surface area contributed by atoms with Crippen LogP contribution in [0, 0.1) is 30.9 Å². The normalized spacial score (nSPS) is 11.3. The van der Waals surface area contributed by atoms with E-state index in [9.17, 15) is 23.3 Å². The fourth-order valence-electron chi connectivity index (χ4n) is 3.52. The number of carbonyl (C=O) groups is 1. The van der Waals surface area contributed by atoms with Crippen molar-refractivity contribution in [2.45, 2.75) is 25.7 Å². The fraction of sp³-hybridized carbons (Fsp3) is 0.200. The van der Waals surface area contributed by atoms with Crippen LogP contribution in [0.3, 0.4) is 0 Å². The van der Waals surface area contributed by atoms with Gasteiger partial charge in [-0.25, -0.2) is 13.8 Å². The van der Waals surface area contributed by atoms with Crippen molar-refractivity contribution < 1.29 is 22.9 Å². The topological polar surface area (TPSA) is 131 Å². The molecular weight excluding hydrogens is 484 g/mol. The number of nitro groups is 1. The molecule has 10 nitrogen and oxygen atoms in total. The van der Waals surface area contributed by atoms with Crippen LogP contribution in [0.1, 0.15) is 22.3 Å². The lowest BCUT2D eigenvalue weighted by molar-refractivity contribution is -0.385. The summed E-state index contributed by atoms with van der Waals surface area (Å²) in [7, 11) is -2.75. The number of carbonyl (C=O) groups excluding carboxylic acids is 1. The first-order valence-corrected chi connectivity index (χ1v) is 12.3. The lowest BCUT2D eigenvalue weighted by Crippen LogP contribution is -2.39. The lowest BCUT2D eigenvalue weighted by atomic mass is 10.1. The lowest BCUT2D eigenvalue weighted by Gasteiger charge is -2.24. The predicted molar refractivity (Wildman–Crippen MR) is 137 cm³/mol. The minimum Gasteiger partial charge on any atom is -0.490 e. The molecule has 0 bridgehead atoms. The standard InChI is InChI=1S/C25H26N4O6S/c1-17-5-8-22(9-6-17)36(33,34)28(21-12-18(2)11-19(3)13-21)16-25(30)27-26-15-20-7-10-24(35-4)23(14-20)29(31)32/h5-15H,16H2,1-4H3,(H,27,30)/b26-15-. The van der Waals surface area contributed by atoms with Gasteiger partial charge in [0.1, 0.15) is 6.54 Å². The average molecular weight is 511 g/mol. The number of hydrogen-bond donors (Lipinski definition) is 1. The van der Waals surface area contributed by atoms with Gasteiger partial charge in [0.2, 0.25) is 0 Å². The Labute approximate surface area is 209 Å². The first-order chi connectivity index (χ1) is 17.0. The van der Waals surface area contributed by atoms with Gasteiger partial charge in [-0.15, -0.1) is 0 Å². The zero-order chi connectivity index (χ0) is 26.5. The molecule has 3 aromatic carbocycles. The van der Waals surface area contributed by atoms with Gasteiger partial charge in [-0.1, -0.05) is 23.8 Å². The molecule has 188 valence electrons. The highest BCUT2D eigenvalue weighted by Gasteiger charge is 2.27. The number of hydrogen-bond acceptors (Lipinski definition) is 7. The number of anilines is 1. The number of ether oxygens (including phenoxy) is 1. The van der Waals surface area contributed by atoms with Crippen LogP contribution in [-0.4, -0.2) is 39.1 Å². The van der Waals surface area contributed by atoms with E-state index in [4.69, 9.17) is 4.74 Å². The molecule has 1 N–H and O–H groups in total. The van der Waals surface area contributed by atoms with Gasteiger partial charge in [-0.3, -0.25) is 19.2 Å². The number of amides is 1. The second kappa shape index (κ2) is 11.0. The first-order valence-electron chi connectivity index (χ1n) is 10.8. The third-order valence-corrected chi connectivity index (χ3v) is 6.98. The van der Waals surface area contributed by atoms with Crippen molar-refractivity contribution in [2.24, 2.45) is 5.10 Å². The van der Waals surface area contributed by atoms with E-state index < -0.39 is 27.4 Å². The number of rotatable bonds is 9. The maximum absolute atomic E-state index is 13.5. The van der Waals surface area contributed by atoms with Crippen LogP contribution in [0.4, 0.5) is 11.4 Å². The number of hydrazone groups is 1. The largest absolute Gasteiger partial charge is 0.490 e. The Kier molecular flexibility index (Phi) is 8.05. The summed E-state index contributed by atoms with van der Waals surface area (Å²) in [5.74, 6) is -0.601. The number of sulfonamides is 1. The van der Waals surface area contributed by atoms with Crippen LogP contribution in [0.15, 0.2) is 70.7 Å². The number of methoxy groups -OCH3 is 1. The molecule has 0 saturated heterocycles. The van der Waals surface area contributed by atoms with Gasteiger partial charge in [0, 0.05) is 11.6 Å². The highest BCUT2D eigenvalue weighted by atomic mass is 32.2. The Balaban J connectivity index is 1.86. The van der Waals surface area contributed by atoms with Crippen molar-refractivity contribution in [3.05, 3.63) is 93.0 Å². The molecule has 1 amide bonds. The molecule has 3 aromatic rings. The number of aryl methyl sites for hydroxylation is 3. The summed E-state index contributed by atoms with van der Waals surface area (Å²) in [6.07, 6.45) is 1.22. The Morgan fingerprint density at radius 1 is 1.03 bits per heavy atom. The molecule has 0 heterocycles. The molecule has 0 aliphatic heterocycles. The van der Waals surface area contributed by atoms with Gasteiger partial charge in [0.15, 0.2) is 5.75 Å². The zero-order valence-corrected chi connectivity index (χ0v) is 21.1. The second-order valence-electron chi connectivity index (χ2n) is 8.15. The Bertz CT molecular complexity index is 1400. The fourth-order valence-corrected chi connectivity index (χ4v) is 4.93. The monoisotopic (exact) mass is 510 g/mol. The predicted octanol–water partition coefficient (Wildman–Crippen LogP) is 3.87. The Hall–Kier alpha value is -4.25. The molecule has 0 unspecified atom stereocenters. The third-order valence-electron chi connectivity index (χ3n) is 5.19. The van der Waals surface area contributed by atoms with E-state index in [0.717, 1.165) is 21.0 Å². The molecule has 36 heavy (non-hydrogen) atoms. The van der Waals surface area contributed by atoms with Crippen LogP contribution in [-0.2, 0) is 14.8 Å². The Morgan fingerprint density at radius 3 is 2.25 bits per heavy atom. The third kappa shape index (κ3) is 6.25. The van der Waals surface area contributed by atoms with Gasteiger partial charge < -0.3 is 4.74 Å². The summed E-state index contributed by atoms with van der Waals surface area (Å²) >= 11 is 0.